The molecule has 2 aromatic heterocycles. The van der Waals surface area contributed by atoms with Gasteiger partial charge in [0.1, 0.15) is 18.0 Å². The average Bonchev–Trinajstić information content (AvgIpc) is 2.68. The zero-order valence-electron chi connectivity index (χ0n) is 15.6. The molecule has 0 saturated carbocycles. The number of piperazine rings is 1. The number of hydrogen-bond donors (Lipinski definition) is 0. The van der Waals surface area contributed by atoms with E-state index < -0.39 is 0 Å². The third kappa shape index (κ3) is 3.18. The molecule has 4 rings (SSSR count). The number of hydrogen-bond acceptors (Lipinski definition) is 6. The number of rotatable bonds is 3. The normalized spacial score (nSPS) is 17.5. The van der Waals surface area contributed by atoms with Crippen LogP contribution in [0.1, 0.15) is 44.0 Å². The third-order valence-corrected chi connectivity index (χ3v) is 5.31. The second-order valence-corrected chi connectivity index (χ2v) is 7.37. The molecule has 3 heterocycles. The average molecular weight is 354 g/mol. The van der Waals surface area contributed by atoms with Gasteiger partial charge >= 0.3 is 0 Å². The number of nitrogens with zero attached hydrogens (tertiary/aromatic N) is 6. The van der Waals surface area contributed by atoms with Gasteiger partial charge in [-0.25, -0.2) is 14.6 Å². The van der Waals surface area contributed by atoms with Crippen molar-refractivity contribution in [3.05, 3.63) is 40.1 Å². The second-order valence-electron chi connectivity index (χ2n) is 7.37. The van der Waals surface area contributed by atoms with E-state index in [9.17, 15) is 4.79 Å². The number of anilines is 2. The molecule has 1 aliphatic carbocycles. The van der Waals surface area contributed by atoms with E-state index in [1.54, 1.807) is 17.1 Å². The molecule has 2 aromatic rings. The molecule has 0 spiro atoms. The molecule has 138 valence electrons. The van der Waals surface area contributed by atoms with Crippen molar-refractivity contribution in [2.75, 3.05) is 36.0 Å². The van der Waals surface area contributed by atoms with E-state index in [1.165, 1.54) is 24.1 Å². The molecule has 0 unspecified atom stereocenters. The molecule has 2 aliphatic rings. The van der Waals surface area contributed by atoms with Crippen LogP contribution in [0.25, 0.3) is 0 Å². The summed E-state index contributed by atoms with van der Waals surface area (Å²) in [6, 6.07) is 3.52. The van der Waals surface area contributed by atoms with Crippen molar-refractivity contribution >= 4 is 11.6 Å². The Balaban J connectivity index is 1.50. The van der Waals surface area contributed by atoms with Crippen molar-refractivity contribution in [1.29, 1.82) is 0 Å². The Bertz CT molecular complexity index is 838. The number of aromatic nitrogens is 4. The lowest BCUT2D eigenvalue weighted by molar-refractivity contribution is 0.497. The first-order chi connectivity index (χ1) is 12.6. The summed E-state index contributed by atoms with van der Waals surface area (Å²) in [5.74, 6) is 2.00. The molecule has 0 atom stereocenters. The van der Waals surface area contributed by atoms with Gasteiger partial charge in [0.15, 0.2) is 0 Å². The maximum Gasteiger partial charge on any atom is 0.267 e. The lowest BCUT2D eigenvalue weighted by atomic mass is 9.96. The fraction of sp³-hybridized carbons (Fsp3) is 0.579. The first kappa shape index (κ1) is 17.0. The van der Waals surface area contributed by atoms with Crippen LogP contribution in [-0.2, 0) is 12.8 Å². The lowest BCUT2D eigenvalue weighted by Crippen LogP contribution is -2.48. The van der Waals surface area contributed by atoms with Crippen LogP contribution in [0.3, 0.4) is 0 Å². The molecule has 0 radical (unpaired) electrons. The summed E-state index contributed by atoms with van der Waals surface area (Å²) in [6.07, 6.45) is 6.34. The molecule has 0 N–H and O–H groups in total. The minimum Gasteiger partial charge on any atom is -0.353 e. The quantitative estimate of drug-likeness (QED) is 0.838. The van der Waals surface area contributed by atoms with Crippen molar-refractivity contribution in [2.45, 2.75) is 45.6 Å². The highest BCUT2D eigenvalue weighted by Crippen LogP contribution is 2.28. The molecule has 7 nitrogen and oxygen atoms in total. The van der Waals surface area contributed by atoms with Crippen molar-refractivity contribution in [1.82, 2.24) is 19.7 Å². The standard InChI is InChI=1S/C19H26N6O/c1-14(2)25-18(26)8-7-17(22-25)23-9-11-24(12-10-23)19-15-5-3-4-6-16(15)20-13-21-19/h7-8,13-14H,3-6,9-12H2,1-2H3. The van der Waals surface area contributed by atoms with Gasteiger partial charge in [-0.1, -0.05) is 0 Å². The fourth-order valence-corrected chi connectivity index (χ4v) is 3.88. The number of aryl methyl sites for hydroxylation is 1. The van der Waals surface area contributed by atoms with E-state index in [-0.39, 0.29) is 11.6 Å². The van der Waals surface area contributed by atoms with Gasteiger partial charge in [0.05, 0.1) is 6.04 Å². The molecule has 0 aromatic carbocycles. The highest BCUT2D eigenvalue weighted by atomic mass is 16.1. The van der Waals surface area contributed by atoms with Crippen LogP contribution < -0.4 is 15.4 Å². The zero-order valence-corrected chi connectivity index (χ0v) is 15.6. The maximum absolute atomic E-state index is 11.9. The van der Waals surface area contributed by atoms with Crippen LogP contribution in [0.15, 0.2) is 23.3 Å². The van der Waals surface area contributed by atoms with Crippen LogP contribution in [0.4, 0.5) is 11.6 Å². The minimum absolute atomic E-state index is 0.0463. The van der Waals surface area contributed by atoms with Crippen LogP contribution in [0.2, 0.25) is 0 Å². The molecule has 1 fully saturated rings. The molecule has 7 heteroatoms. The Morgan fingerprint density at radius 1 is 0.962 bits per heavy atom. The summed E-state index contributed by atoms with van der Waals surface area (Å²) in [5, 5.41) is 4.55. The summed E-state index contributed by atoms with van der Waals surface area (Å²) < 4.78 is 1.56. The van der Waals surface area contributed by atoms with E-state index >= 15 is 0 Å². The number of fused-ring (bicyclic) bond motifs is 1. The lowest BCUT2D eigenvalue weighted by Gasteiger charge is -2.37. The van der Waals surface area contributed by atoms with Gasteiger partial charge in [-0.2, -0.15) is 5.10 Å². The Morgan fingerprint density at radius 3 is 2.46 bits per heavy atom. The first-order valence-electron chi connectivity index (χ1n) is 9.56. The molecule has 0 amide bonds. The zero-order chi connectivity index (χ0) is 18.1. The Morgan fingerprint density at radius 2 is 1.69 bits per heavy atom. The van der Waals surface area contributed by atoms with E-state index in [2.05, 4.69) is 24.9 Å². The molecular formula is C19H26N6O. The van der Waals surface area contributed by atoms with Crippen LogP contribution in [0.5, 0.6) is 0 Å². The van der Waals surface area contributed by atoms with Gasteiger partial charge in [0.2, 0.25) is 0 Å². The van der Waals surface area contributed by atoms with Gasteiger partial charge in [-0.05, 0) is 45.6 Å². The summed E-state index contributed by atoms with van der Waals surface area (Å²) in [4.78, 5) is 25.6. The van der Waals surface area contributed by atoms with Crippen molar-refractivity contribution in [3.63, 3.8) is 0 Å². The van der Waals surface area contributed by atoms with Crippen molar-refractivity contribution in [3.8, 4) is 0 Å². The summed E-state index contributed by atoms with van der Waals surface area (Å²) >= 11 is 0. The molecule has 1 aliphatic heterocycles. The van der Waals surface area contributed by atoms with E-state index in [0.29, 0.717) is 0 Å². The van der Waals surface area contributed by atoms with Crippen LogP contribution >= 0.6 is 0 Å². The highest BCUT2D eigenvalue weighted by molar-refractivity contribution is 5.51. The highest BCUT2D eigenvalue weighted by Gasteiger charge is 2.24. The molecule has 1 saturated heterocycles. The van der Waals surface area contributed by atoms with E-state index in [1.807, 2.05) is 19.9 Å². The first-order valence-corrected chi connectivity index (χ1v) is 9.56. The largest absolute Gasteiger partial charge is 0.353 e. The predicted molar refractivity (Wildman–Crippen MR) is 102 cm³/mol. The van der Waals surface area contributed by atoms with Crippen molar-refractivity contribution < 1.29 is 0 Å². The smallest absolute Gasteiger partial charge is 0.267 e. The molecule has 26 heavy (non-hydrogen) atoms. The van der Waals surface area contributed by atoms with Crippen LogP contribution in [-0.4, -0.2) is 45.9 Å². The summed E-state index contributed by atoms with van der Waals surface area (Å²) in [5.41, 5.74) is 2.53. The minimum atomic E-state index is -0.0463. The predicted octanol–water partition coefficient (Wildman–Crippen LogP) is 1.82. The fourth-order valence-electron chi connectivity index (χ4n) is 3.88. The summed E-state index contributed by atoms with van der Waals surface area (Å²) in [6.45, 7) is 7.53. The van der Waals surface area contributed by atoms with E-state index in [4.69, 9.17) is 0 Å². The summed E-state index contributed by atoms with van der Waals surface area (Å²) in [7, 11) is 0. The van der Waals surface area contributed by atoms with Gasteiger partial charge in [0.25, 0.3) is 5.56 Å². The molecule has 0 bridgehead atoms. The molecular weight excluding hydrogens is 328 g/mol. The second kappa shape index (κ2) is 7.05. The van der Waals surface area contributed by atoms with Gasteiger partial charge in [0, 0.05) is 43.5 Å². The Labute approximate surface area is 153 Å². The topological polar surface area (TPSA) is 67.2 Å². The van der Waals surface area contributed by atoms with Gasteiger partial charge in [-0.3, -0.25) is 4.79 Å². The van der Waals surface area contributed by atoms with E-state index in [0.717, 1.165) is 50.7 Å². The third-order valence-electron chi connectivity index (χ3n) is 5.31. The van der Waals surface area contributed by atoms with Crippen molar-refractivity contribution in [2.24, 2.45) is 0 Å². The van der Waals surface area contributed by atoms with Gasteiger partial charge in [-0.15, -0.1) is 0 Å². The monoisotopic (exact) mass is 354 g/mol. The Kier molecular flexibility index (Phi) is 4.61. The Hall–Kier alpha value is -2.44. The van der Waals surface area contributed by atoms with Crippen LogP contribution in [0, 0.1) is 0 Å². The maximum atomic E-state index is 11.9. The van der Waals surface area contributed by atoms with Gasteiger partial charge < -0.3 is 9.80 Å². The SMILES string of the molecule is CC(C)n1nc(N2CCN(c3ncnc4c3CCCC4)CC2)ccc1=O.